The smallest absolute Gasteiger partial charge is 0.264 e. The van der Waals surface area contributed by atoms with Gasteiger partial charge in [0.25, 0.3) is 15.9 Å². The molecule has 1 aliphatic rings. The number of hydrogen-bond donors (Lipinski definition) is 1. The van der Waals surface area contributed by atoms with Crippen LogP contribution in [0.5, 0.6) is 0 Å². The summed E-state index contributed by atoms with van der Waals surface area (Å²) in [6.07, 6.45) is 2.43. The Bertz CT molecular complexity index is 979. The van der Waals surface area contributed by atoms with Crippen molar-refractivity contribution in [3.05, 3.63) is 60.2 Å². The average Bonchev–Trinajstić information content (AvgIpc) is 2.77. The second-order valence-corrected chi connectivity index (χ2v) is 9.22. The molecule has 1 amide bonds. The predicted octanol–water partition coefficient (Wildman–Crippen LogP) is 2.64. The van der Waals surface area contributed by atoms with E-state index in [4.69, 9.17) is 0 Å². The minimum absolute atomic E-state index is 0.138. The van der Waals surface area contributed by atoms with Crippen molar-refractivity contribution in [1.29, 1.82) is 0 Å². The van der Waals surface area contributed by atoms with Crippen molar-refractivity contribution in [3.8, 4) is 0 Å². The van der Waals surface area contributed by atoms with Gasteiger partial charge in [0.05, 0.1) is 10.6 Å². The van der Waals surface area contributed by atoms with E-state index in [1.165, 1.54) is 12.1 Å². The minimum Gasteiger partial charge on any atom is -0.306 e. The first kappa shape index (κ1) is 22.0. The van der Waals surface area contributed by atoms with Gasteiger partial charge in [0.15, 0.2) is 0 Å². The third-order valence-electron chi connectivity index (χ3n) is 5.15. The van der Waals surface area contributed by atoms with Gasteiger partial charge in [-0.2, -0.15) is 5.10 Å². The second kappa shape index (κ2) is 9.86. The van der Waals surface area contributed by atoms with Crippen LogP contribution in [0.4, 0.5) is 5.69 Å². The highest BCUT2D eigenvalue weighted by atomic mass is 32.2. The Morgan fingerprint density at radius 3 is 2.30 bits per heavy atom. The lowest BCUT2D eigenvalue weighted by Gasteiger charge is -2.24. The molecule has 1 heterocycles. The molecule has 0 aromatic heterocycles. The van der Waals surface area contributed by atoms with E-state index in [-0.39, 0.29) is 11.4 Å². The average molecular weight is 429 g/mol. The number of sulfonamides is 1. The van der Waals surface area contributed by atoms with Gasteiger partial charge < -0.3 is 4.90 Å². The number of hydrazone groups is 1. The van der Waals surface area contributed by atoms with Crippen LogP contribution in [-0.4, -0.2) is 51.6 Å². The molecule has 7 nitrogen and oxygen atoms in total. The van der Waals surface area contributed by atoms with Gasteiger partial charge in [-0.15, -0.1) is 0 Å². The number of aryl methyl sites for hydroxylation is 1. The first-order chi connectivity index (χ1) is 14.4. The first-order valence-corrected chi connectivity index (χ1v) is 11.5. The summed E-state index contributed by atoms with van der Waals surface area (Å²) in [5.74, 6) is -0.472. The molecule has 0 atom stereocenters. The number of carbonyl (C=O) groups is 1. The highest BCUT2D eigenvalue weighted by Crippen LogP contribution is 2.24. The van der Waals surface area contributed by atoms with E-state index < -0.39 is 15.9 Å². The molecule has 8 heteroatoms. The summed E-state index contributed by atoms with van der Waals surface area (Å²) in [6.45, 7) is 3.47. The molecule has 0 saturated carbocycles. The largest absolute Gasteiger partial charge is 0.306 e. The van der Waals surface area contributed by atoms with E-state index in [1.807, 2.05) is 26.1 Å². The lowest BCUT2D eigenvalue weighted by atomic mass is 10.1. The number of nitrogens with zero attached hydrogens (tertiary/aromatic N) is 3. The van der Waals surface area contributed by atoms with Crippen molar-refractivity contribution in [3.63, 3.8) is 0 Å². The summed E-state index contributed by atoms with van der Waals surface area (Å²) in [7, 11) is -1.85. The fourth-order valence-corrected chi connectivity index (χ4v) is 4.67. The number of carbonyl (C=O) groups excluding carboxylic acids is 1. The molecule has 0 aliphatic carbocycles. The molecule has 0 unspecified atom stereocenters. The molecule has 0 bridgehead atoms. The highest BCUT2D eigenvalue weighted by Gasteiger charge is 2.27. The van der Waals surface area contributed by atoms with E-state index >= 15 is 0 Å². The second-order valence-electron chi connectivity index (χ2n) is 7.36. The number of amides is 1. The van der Waals surface area contributed by atoms with Gasteiger partial charge in [-0.1, -0.05) is 37.3 Å². The lowest BCUT2D eigenvalue weighted by Crippen LogP contribution is -2.40. The molecule has 1 aliphatic heterocycles. The Morgan fingerprint density at radius 1 is 1.07 bits per heavy atom. The van der Waals surface area contributed by atoms with Crippen LogP contribution < -0.4 is 9.73 Å². The molecule has 2 aromatic rings. The third-order valence-corrected chi connectivity index (χ3v) is 6.94. The maximum absolute atomic E-state index is 13.3. The number of hydrogen-bond acceptors (Lipinski definition) is 5. The van der Waals surface area contributed by atoms with Gasteiger partial charge in [-0.3, -0.25) is 9.10 Å². The van der Waals surface area contributed by atoms with Crippen LogP contribution in [0, 0.1) is 0 Å². The Hall–Kier alpha value is -2.71. The first-order valence-electron chi connectivity index (χ1n) is 10.1. The van der Waals surface area contributed by atoms with Crippen molar-refractivity contribution < 1.29 is 13.2 Å². The van der Waals surface area contributed by atoms with Crippen LogP contribution in [0.3, 0.4) is 0 Å². The topological polar surface area (TPSA) is 82.1 Å². The van der Waals surface area contributed by atoms with Crippen molar-refractivity contribution in [2.24, 2.45) is 5.10 Å². The quantitative estimate of drug-likeness (QED) is 0.688. The van der Waals surface area contributed by atoms with E-state index in [0.717, 1.165) is 47.9 Å². The standard InChI is InChI=1S/C22H28N4O3S/c1-3-18-9-11-20(12-10-18)26(30(28,29)21-7-5-4-6-8-21)17-22(27)24-23-19-13-15-25(2)16-14-19/h4-12H,3,13-17H2,1-2H3,(H,24,27). The number of likely N-dealkylation sites (tertiary alicyclic amines) is 1. The minimum atomic E-state index is -3.90. The summed E-state index contributed by atoms with van der Waals surface area (Å²) in [4.78, 5) is 14.9. The van der Waals surface area contributed by atoms with Crippen LogP contribution in [0.25, 0.3) is 0 Å². The maximum atomic E-state index is 13.3. The van der Waals surface area contributed by atoms with Crippen molar-refractivity contribution in [1.82, 2.24) is 10.3 Å². The van der Waals surface area contributed by atoms with Gasteiger partial charge in [0.2, 0.25) is 0 Å². The zero-order valence-corrected chi connectivity index (χ0v) is 18.2. The summed E-state index contributed by atoms with van der Waals surface area (Å²) in [5, 5.41) is 4.22. The van der Waals surface area contributed by atoms with Crippen molar-refractivity contribution >= 4 is 27.3 Å². The summed E-state index contributed by atoms with van der Waals surface area (Å²) in [5.41, 5.74) is 4.99. The fraction of sp³-hybridized carbons (Fsp3) is 0.364. The molecule has 30 heavy (non-hydrogen) atoms. The fourth-order valence-electron chi connectivity index (χ4n) is 3.23. The summed E-state index contributed by atoms with van der Waals surface area (Å²) < 4.78 is 27.7. The molecular weight excluding hydrogens is 400 g/mol. The Balaban J connectivity index is 1.82. The predicted molar refractivity (Wildman–Crippen MR) is 119 cm³/mol. The molecule has 160 valence electrons. The summed E-state index contributed by atoms with van der Waals surface area (Å²) in [6, 6.07) is 15.3. The number of piperidine rings is 1. The summed E-state index contributed by atoms with van der Waals surface area (Å²) >= 11 is 0. The van der Waals surface area contributed by atoms with Gasteiger partial charge in [-0.05, 0) is 43.3 Å². The highest BCUT2D eigenvalue weighted by molar-refractivity contribution is 7.92. The van der Waals surface area contributed by atoms with Crippen LogP contribution in [0.2, 0.25) is 0 Å². The van der Waals surface area contributed by atoms with Gasteiger partial charge in [-0.25, -0.2) is 13.8 Å². The van der Waals surface area contributed by atoms with Gasteiger partial charge >= 0.3 is 0 Å². The molecular formula is C22H28N4O3S. The monoisotopic (exact) mass is 428 g/mol. The zero-order chi connectivity index (χ0) is 21.6. The van der Waals surface area contributed by atoms with Crippen molar-refractivity contribution in [2.45, 2.75) is 31.1 Å². The molecule has 1 N–H and O–H groups in total. The molecule has 3 rings (SSSR count). The van der Waals surface area contributed by atoms with Crippen LogP contribution in [0.15, 0.2) is 64.6 Å². The zero-order valence-electron chi connectivity index (χ0n) is 17.4. The van der Waals surface area contributed by atoms with Crippen molar-refractivity contribution in [2.75, 3.05) is 31.0 Å². The Morgan fingerprint density at radius 2 is 1.70 bits per heavy atom. The van der Waals surface area contributed by atoms with Gasteiger partial charge in [0.1, 0.15) is 6.54 Å². The molecule has 0 spiro atoms. The van der Waals surface area contributed by atoms with E-state index in [0.29, 0.717) is 5.69 Å². The van der Waals surface area contributed by atoms with E-state index in [9.17, 15) is 13.2 Å². The third kappa shape index (κ3) is 5.46. The lowest BCUT2D eigenvalue weighted by molar-refractivity contribution is -0.119. The number of anilines is 1. The maximum Gasteiger partial charge on any atom is 0.264 e. The molecule has 0 radical (unpaired) electrons. The Labute approximate surface area is 178 Å². The number of rotatable bonds is 7. The van der Waals surface area contributed by atoms with Crippen LogP contribution >= 0.6 is 0 Å². The van der Waals surface area contributed by atoms with Crippen LogP contribution in [-0.2, 0) is 21.2 Å². The molecule has 1 fully saturated rings. The number of nitrogens with one attached hydrogen (secondary N) is 1. The van der Waals surface area contributed by atoms with Gasteiger partial charge in [0, 0.05) is 31.6 Å². The molecule has 2 aromatic carbocycles. The SMILES string of the molecule is CCc1ccc(N(CC(=O)NN=C2CCN(C)CC2)S(=O)(=O)c2ccccc2)cc1. The van der Waals surface area contributed by atoms with E-state index in [2.05, 4.69) is 15.4 Å². The normalized spacial score (nSPS) is 14.9. The molecule has 1 saturated heterocycles. The Kier molecular flexibility index (Phi) is 7.23. The number of benzene rings is 2. The van der Waals surface area contributed by atoms with Crippen LogP contribution in [0.1, 0.15) is 25.3 Å². The van der Waals surface area contributed by atoms with E-state index in [1.54, 1.807) is 30.3 Å².